The lowest BCUT2D eigenvalue weighted by atomic mass is 10.1. The molecule has 0 saturated carbocycles. The molecule has 0 aromatic heterocycles. The number of allylic oxidation sites excluding steroid dienone is 1. The van der Waals surface area contributed by atoms with E-state index in [4.69, 9.17) is 18.9 Å². The smallest absolute Gasteiger partial charge is 0.200 e. The van der Waals surface area contributed by atoms with Crippen molar-refractivity contribution in [2.24, 2.45) is 0 Å². The molecule has 0 saturated heterocycles. The van der Waals surface area contributed by atoms with Crippen molar-refractivity contribution in [2.75, 3.05) is 21.3 Å². The Balaban J connectivity index is 2.38. The van der Waals surface area contributed by atoms with Crippen LogP contribution in [0.15, 0.2) is 42.2 Å². The van der Waals surface area contributed by atoms with Gasteiger partial charge in [-0.1, -0.05) is 12.1 Å². The second-order valence-corrected chi connectivity index (χ2v) is 4.69. The summed E-state index contributed by atoms with van der Waals surface area (Å²) in [4.78, 5) is 11.3. The van der Waals surface area contributed by atoms with E-state index < -0.39 is 0 Å². The summed E-state index contributed by atoms with van der Waals surface area (Å²) >= 11 is 0. The van der Waals surface area contributed by atoms with Gasteiger partial charge in [0, 0.05) is 0 Å². The highest BCUT2D eigenvalue weighted by Crippen LogP contribution is 2.37. The number of aromatic hydroxyl groups is 1. The van der Waals surface area contributed by atoms with Crippen LogP contribution in [0.2, 0.25) is 0 Å². The molecule has 0 amide bonds. The van der Waals surface area contributed by atoms with Crippen molar-refractivity contribution in [1.82, 2.24) is 0 Å². The van der Waals surface area contributed by atoms with Gasteiger partial charge in [0.05, 0.1) is 21.3 Å². The monoisotopic (exact) mass is 330 g/mol. The maximum atomic E-state index is 11.3. The molecule has 0 aliphatic heterocycles. The van der Waals surface area contributed by atoms with Crippen molar-refractivity contribution in [2.45, 2.75) is 0 Å². The number of hydrogen-bond donors (Lipinski definition) is 1. The average molecular weight is 330 g/mol. The number of phenolic OH excluding ortho intramolecular Hbond substituents is 1. The predicted molar refractivity (Wildman–Crippen MR) is 88.9 cm³/mol. The van der Waals surface area contributed by atoms with Crippen LogP contribution in [0.25, 0.3) is 6.08 Å². The van der Waals surface area contributed by atoms with Gasteiger partial charge in [-0.25, -0.2) is 0 Å². The maximum Gasteiger partial charge on any atom is 0.200 e. The van der Waals surface area contributed by atoms with E-state index in [0.717, 1.165) is 0 Å². The SMILES string of the molecule is COc1ccccc1O/C(C=O)=C\c1cc(OC)c(O)c(OC)c1. The molecule has 1 N–H and O–H groups in total. The summed E-state index contributed by atoms with van der Waals surface area (Å²) in [6.45, 7) is 0. The lowest BCUT2D eigenvalue weighted by molar-refractivity contribution is -0.106. The van der Waals surface area contributed by atoms with Crippen LogP contribution in [0.4, 0.5) is 0 Å². The lowest BCUT2D eigenvalue weighted by Crippen LogP contribution is -1.99. The molecule has 126 valence electrons. The molecule has 0 atom stereocenters. The van der Waals surface area contributed by atoms with Gasteiger partial charge in [0.2, 0.25) is 5.75 Å². The molecule has 0 bridgehead atoms. The summed E-state index contributed by atoms with van der Waals surface area (Å²) < 4.78 is 21.0. The summed E-state index contributed by atoms with van der Waals surface area (Å²) in [5, 5.41) is 9.92. The van der Waals surface area contributed by atoms with Gasteiger partial charge in [-0.2, -0.15) is 0 Å². The van der Waals surface area contributed by atoms with Crippen LogP contribution in [0.1, 0.15) is 5.56 Å². The Labute approximate surface area is 139 Å². The van der Waals surface area contributed by atoms with Gasteiger partial charge in [-0.05, 0) is 35.9 Å². The van der Waals surface area contributed by atoms with Crippen molar-refractivity contribution in [3.05, 3.63) is 47.7 Å². The third-order valence-electron chi connectivity index (χ3n) is 3.22. The van der Waals surface area contributed by atoms with E-state index >= 15 is 0 Å². The van der Waals surface area contributed by atoms with Gasteiger partial charge in [0.1, 0.15) is 0 Å². The Morgan fingerprint density at radius 3 is 1.96 bits per heavy atom. The minimum atomic E-state index is -0.115. The molecule has 0 aliphatic carbocycles. The van der Waals surface area contributed by atoms with Gasteiger partial charge < -0.3 is 24.1 Å². The van der Waals surface area contributed by atoms with Crippen LogP contribution in [0, 0.1) is 0 Å². The number of rotatable bonds is 7. The number of aldehydes is 1. The predicted octanol–water partition coefficient (Wildman–Crippen LogP) is 3.04. The van der Waals surface area contributed by atoms with E-state index in [2.05, 4.69) is 0 Å². The van der Waals surface area contributed by atoms with E-state index in [1.54, 1.807) is 36.4 Å². The Bertz CT molecular complexity index is 726. The second kappa shape index (κ2) is 7.92. The van der Waals surface area contributed by atoms with Crippen LogP contribution in [-0.2, 0) is 4.79 Å². The molecule has 6 heteroatoms. The standard InChI is InChI=1S/C18H18O6/c1-21-14-6-4-5-7-15(14)24-13(11-19)8-12-9-16(22-2)18(20)17(10-12)23-3/h4-11,20H,1-3H3/b13-8-. The first kappa shape index (κ1) is 17.2. The second-order valence-electron chi connectivity index (χ2n) is 4.69. The molecule has 2 rings (SSSR count). The number of methoxy groups -OCH3 is 3. The summed E-state index contributed by atoms with van der Waals surface area (Å²) in [5.41, 5.74) is 0.568. The number of carbonyl (C=O) groups is 1. The van der Waals surface area contributed by atoms with Crippen molar-refractivity contribution in [3.8, 4) is 28.7 Å². The molecule has 0 aliphatic rings. The topological polar surface area (TPSA) is 74.2 Å². The van der Waals surface area contributed by atoms with Gasteiger partial charge in [0.25, 0.3) is 0 Å². The van der Waals surface area contributed by atoms with Gasteiger partial charge >= 0.3 is 0 Å². The van der Waals surface area contributed by atoms with E-state index in [9.17, 15) is 9.90 Å². The molecule has 0 fully saturated rings. The zero-order valence-electron chi connectivity index (χ0n) is 13.6. The molecule has 2 aromatic carbocycles. The summed E-state index contributed by atoms with van der Waals surface area (Å²) in [6.07, 6.45) is 2.09. The summed E-state index contributed by atoms with van der Waals surface area (Å²) in [7, 11) is 4.37. The molecular formula is C18H18O6. The molecule has 0 radical (unpaired) electrons. The van der Waals surface area contributed by atoms with Crippen molar-refractivity contribution >= 4 is 12.4 Å². The first-order valence-electron chi connectivity index (χ1n) is 7.05. The number of carbonyl (C=O) groups excluding carboxylic acids is 1. The zero-order valence-corrected chi connectivity index (χ0v) is 13.6. The fourth-order valence-corrected chi connectivity index (χ4v) is 2.08. The highest BCUT2D eigenvalue weighted by molar-refractivity contribution is 5.80. The van der Waals surface area contributed by atoms with Gasteiger partial charge in [0.15, 0.2) is 35.0 Å². The zero-order chi connectivity index (χ0) is 17.5. The number of para-hydroxylation sites is 2. The van der Waals surface area contributed by atoms with Crippen molar-refractivity contribution < 1.29 is 28.8 Å². The molecule has 6 nitrogen and oxygen atoms in total. The van der Waals surface area contributed by atoms with Crippen molar-refractivity contribution in [3.63, 3.8) is 0 Å². The van der Waals surface area contributed by atoms with Gasteiger partial charge in [-0.3, -0.25) is 4.79 Å². The number of benzene rings is 2. The van der Waals surface area contributed by atoms with Crippen LogP contribution in [0.3, 0.4) is 0 Å². The third-order valence-corrected chi connectivity index (χ3v) is 3.22. The molecule has 24 heavy (non-hydrogen) atoms. The number of hydrogen-bond acceptors (Lipinski definition) is 6. The normalized spacial score (nSPS) is 10.9. The molecule has 2 aromatic rings. The summed E-state index contributed by atoms with van der Waals surface area (Å²) in [6, 6.07) is 10.1. The minimum absolute atomic E-state index is 0.0642. The van der Waals surface area contributed by atoms with Crippen LogP contribution in [-0.4, -0.2) is 32.7 Å². The van der Waals surface area contributed by atoms with Crippen LogP contribution in [0.5, 0.6) is 28.7 Å². The fraction of sp³-hybridized carbons (Fsp3) is 0.167. The largest absolute Gasteiger partial charge is 0.502 e. The van der Waals surface area contributed by atoms with Crippen molar-refractivity contribution in [1.29, 1.82) is 0 Å². The lowest BCUT2D eigenvalue weighted by Gasteiger charge is -2.11. The Kier molecular flexibility index (Phi) is 5.68. The van der Waals surface area contributed by atoms with E-state index in [1.165, 1.54) is 27.4 Å². The molecular weight excluding hydrogens is 312 g/mol. The van der Waals surface area contributed by atoms with Crippen LogP contribution >= 0.6 is 0 Å². The fourth-order valence-electron chi connectivity index (χ4n) is 2.08. The minimum Gasteiger partial charge on any atom is -0.502 e. The van der Waals surface area contributed by atoms with Crippen LogP contribution < -0.4 is 18.9 Å². The number of ether oxygens (including phenoxy) is 4. The average Bonchev–Trinajstić information content (AvgIpc) is 2.62. The van der Waals surface area contributed by atoms with E-state index in [0.29, 0.717) is 23.3 Å². The molecule has 0 heterocycles. The Morgan fingerprint density at radius 2 is 1.46 bits per heavy atom. The van der Waals surface area contributed by atoms with E-state index in [-0.39, 0.29) is 23.0 Å². The Morgan fingerprint density at radius 1 is 0.917 bits per heavy atom. The Hall–Kier alpha value is -3.15. The van der Waals surface area contributed by atoms with E-state index in [1.807, 2.05) is 0 Å². The number of phenols is 1. The first-order chi connectivity index (χ1) is 11.6. The highest BCUT2D eigenvalue weighted by Gasteiger charge is 2.12. The maximum absolute atomic E-state index is 11.3. The van der Waals surface area contributed by atoms with Gasteiger partial charge in [-0.15, -0.1) is 0 Å². The quantitative estimate of drug-likeness (QED) is 0.478. The highest BCUT2D eigenvalue weighted by atomic mass is 16.5. The first-order valence-corrected chi connectivity index (χ1v) is 7.05. The molecule has 0 unspecified atom stereocenters. The molecule has 0 spiro atoms. The third kappa shape index (κ3) is 3.78. The summed E-state index contributed by atoms with van der Waals surface area (Å²) in [5.74, 6) is 1.32.